The van der Waals surface area contributed by atoms with Crippen LogP contribution in [0, 0.1) is 11.6 Å². The number of aromatic amines is 1. The van der Waals surface area contributed by atoms with Gasteiger partial charge in [-0.3, -0.25) is 0 Å². The van der Waals surface area contributed by atoms with E-state index in [0.29, 0.717) is 19.6 Å². The summed E-state index contributed by atoms with van der Waals surface area (Å²) in [6.45, 7) is 0.910. The van der Waals surface area contributed by atoms with Crippen LogP contribution in [0.5, 0.6) is 0 Å². The maximum Gasteiger partial charge on any atom is 0.123 e. The molecular weight excluding hydrogens is 424 g/mol. The Hall–Kier alpha value is -3.13. The van der Waals surface area contributed by atoms with Gasteiger partial charge < -0.3 is 20.1 Å². The first-order valence-electron chi connectivity index (χ1n) is 11.0. The summed E-state index contributed by atoms with van der Waals surface area (Å²) in [5, 5.41) is 14.3. The lowest BCUT2D eigenvalue weighted by Gasteiger charge is -2.38. The Balaban J connectivity index is 1.29. The van der Waals surface area contributed by atoms with Crippen LogP contribution in [0.25, 0.3) is 11.0 Å². The van der Waals surface area contributed by atoms with E-state index in [4.69, 9.17) is 4.74 Å². The Labute approximate surface area is 190 Å². The number of ether oxygens (including phenoxy) is 1. The molecule has 5 rings (SSSR count). The van der Waals surface area contributed by atoms with Crippen LogP contribution >= 0.6 is 0 Å². The summed E-state index contributed by atoms with van der Waals surface area (Å²) in [6.07, 6.45) is 1.12. The summed E-state index contributed by atoms with van der Waals surface area (Å²) in [5.41, 5.74) is 4.67. The number of aromatic nitrogens is 2. The third kappa shape index (κ3) is 4.80. The van der Waals surface area contributed by atoms with E-state index in [2.05, 4.69) is 15.3 Å². The first kappa shape index (κ1) is 21.7. The zero-order valence-electron chi connectivity index (χ0n) is 17.9. The first-order valence-corrected chi connectivity index (χ1v) is 11.0. The summed E-state index contributed by atoms with van der Waals surface area (Å²) < 4.78 is 33.2. The Morgan fingerprint density at radius 1 is 1.00 bits per heavy atom. The number of hydrogen-bond acceptors (Lipinski definition) is 4. The van der Waals surface area contributed by atoms with Crippen LogP contribution in [0.2, 0.25) is 0 Å². The van der Waals surface area contributed by atoms with Crippen molar-refractivity contribution < 1.29 is 18.6 Å². The molecule has 1 aromatic heterocycles. The van der Waals surface area contributed by atoms with Crippen molar-refractivity contribution >= 4 is 11.0 Å². The highest BCUT2D eigenvalue weighted by Crippen LogP contribution is 2.35. The molecule has 4 aromatic rings. The molecule has 3 atom stereocenters. The van der Waals surface area contributed by atoms with Crippen molar-refractivity contribution in [1.82, 2.24) is 15.3 Å². The molecule has 170 valence electrons. The van der Waals surface area contributed by atoms with E-state index in [0.717, 1.165) is 27.7 Å². The lowest BCUT2D eigenvalue weighted by molar-refractivity contribution is -0.0718. The Bertz CT molecular complexity index is 1160. The Morgan fingerprint density at radius 3 is 2.30 bits per heavy atom. The molecule has 0 saturated carbocycles. The zero-order chi connectivity index (χ0) is 22.8. The standard InChI is InChI=1S/C26H25F2N3O2/c27-19-6-2-17(3-7-19)26(18-4-8-20(28)9-5-18)25-12-24(32)23(14-33-25)29-13-16-1-10-21-22(11-16)31-15-30-21/h1-11,15,23-26,29,32H,12-14H2,(H,30,31)/t23-,24-,25+/m1/s1. The number of halogens is 2. The minimum absolute atomic E-state index is 0.224. The van der Waals surface area contributed by atoms with Gasteiger partial charge in [-0.1, -0.05) is 30.3 Å². The molecule has 1 aliphatic heterocycles. The third-order valence-electron chi connectivity index (χ3n) is 6.31. The summed E-state index contributed by atoms with van der Waals surface area (Å²) in [6, 6.07) is 18.3. The van der Waals surface area contributed by atoms with E-state index >= 15 is 0 Å². The zero-order valence-corrected chi connectivity index (χ0v) is 17.9. The molecule has 0 radical (unpaired) electrons. The summed E-state index contributed by atoms with van der Waals surface area (Å²) >= 11 is 0. The van der Waals surface area contributed by atoms with Crippen LogP contribution in [0.4, 0.5) is 8.78 Å². The quantitative estimate of drug-likeness (QED) is 0.411. The van der Waals surface area contributed by atoms with E-state index in [1.54, 1.807) is 30.6 Å². The summed E-state index contributed by atoms with van der Waals surface area (Å²) in [4.78, 5) is 7.36. The van der Waals surface area contributed by atoms with E-state index in [-0.39, 0.29) is 29.7 Å². The summed E-state index contributed by atoms with van der Waals surface area (Å²) in [5.74, 6) is -0.888. The van der Waals surface area contributed by atoms with E-state index in [1.807, 2.05) is 18.2 Å². The van der Waals surface area contributed by atoms with Crippen LogP contribution in [0.15, 0.2) is 73.1 Å². The second-order valence-electron chi connectivity index (χ2n) is 8.50. The number of aliphatic hydroxyl groups excluding tert-OH is 1. The highest BCUT2D eigenvalue weighted by molar-refractivity contribution is 5.75. The van der Waals surface area contributed by atoms with Gasteiger partial charge in [-0.2, -0.15) is 0 Å². The Kier molecular flexibility index (Phi) is 6.17. The molecule has 7 heteroatoms. The second-order valence-corrected chi connectivity index (χ2v) is 8.50. The van der Waals surface area contributed by atoms with Crippen LogP contribution in [0.1, 0.15) is 29.0 Å². The van der Waals surface area contributed by atoms with Gasteiger partial charge in [0.05, 0.1) is 42.2 Å². The average Bonchev–Trinajstić information content (AvgIpc) is 3.29. The molecule has 1 saturated heterocycles. The molecule has 0 bridgehead atoms. The fourth-order valence-corrected chi connectivity index (χ4v) is 4.53. The number of nitrogens with zero attached hydrogens (tertiary/aromatic N) is 1. The van der Waals surface area contributed by atoms with Gasteiger partial charge in [0.1, 0.15) is 11.6 Å². The minimum Gasteiger partial charge on any atom is -0.391 e. The van der Waals surface area contributed by atoms with Crippen LogP contribution in [-0.4, -0.2) is 39.9 Å². The number of H-pyrrole nitrogens is 1. The first-order chi connectivity index (χ1) is 16.1. The van der Waals surface area contributed by atoms with Crippen molar-refractivity contribution in [2.45, 2.75) is 37.1 Å². The average molecular weight is 450 g/mol. The van der Waals surface area contributed by atoms with Gasteiger partial charge >= 0.3 is 0 Å². The highest BCUT2D eigenvalue weighted by Gasteiger charge is 2.35. The normalized spacial score (nSPS) is 21.0. The largest absolute Gasteiger partial charge is 0.391 e. The lowest BCUT2D eigenvalue weighted by atomic mass is 9.82. The molecule has 33 heavy (non-hydrogen) atoms. The molecule has 0 unspecified atom stereocenters. The van der Waals surface area contributed by atoms with Crippen molar-refractivity contribution in [3.63, 3.8) is 0 Å². The predicted molar refractivity (Wildman–Crippen MR) is 122 cm³/mol. The molecule has 3 N–H and O–H groups in total. The number of aliphatic hydroxyl groups is 1. The number of hydrogen-bond donors (Lipinski definition) is 3. The number of rotatable bonds is 6. The summed E-state index contributed by atoms with van der Waals surface area (Å²) in [7, 11) is 0. The molecule has 5 nitrogen and oxygen atoms in total. The van der Waals surface area contributed by atoms with Crippen LogP contribution in [0.3, 0.4) is 0 Å². The van der Waals surface area contributed by atoms with Crippen molar-refractivity contribution in [2.75, 3.05) is 6.61 Å². The van der Waals surface area contributed by atoms with E-state index in [1.165, 1.54) is 24.3 Å². The van der Waals surface area contributed by atoms with E-state index in [9.17, 15) is 13.9 Å². The molecule has 0 amide bonds. The predicted octanol–water partition coefficient (Wildman–Crippen LogP) is 4.28. The maximum absolute atomic E-state index is 13.5. The molecular formula is C26H25F2N3O2. The monoisotopic (exact) mass is 449 g/mol. The van der Waals surface area contributed by atoms with Gasteiger partial charge in [0.15, 0.2) is 0 Å². The number of nitrogens with one attached hydrogen (secondary N) is 2. The van der Waals surface area contributed by atoms with Crippen LogP contribution in [-0.2, 0) is 11.3 Å². The topological polar surface area (TPSA) is 70.2 Å². The SMILES string of the molecule is O[C@@H]1C[C@@H](C(c2ccc(F)cc2)c2ccc(F)cc2)OC[C@H]1NCc1ccc2[nH]cnc2c1. The molecule has 2 heterocycles. The smallest absolute Gasteiger partial charge is 0.123 e. The molecule has 1 fully saturated rings. The van der Waals surface area contributed by atoms with Gasteiger partial charge in [-0.25, -0.2) is 13.8 Å². The van der Waals surface area contributed by atoms with Gasteiger partial charge in [0.2, 0.25) is 0 Å². The van der Waals surface area contributed by atoms with Crippen molar-refractivity contribution in [1.29, 1.82) is 0 Å². The fourth-order valence-electron chi connectivity index (χ4n) is 4.53. The lowest BCUT2D eigenvalue weighted by Crippen LogP contribution is -2.50. The Morgan fingerprint density at radius 2 is 1.67 bits per heavy atom. The molecule has 0 spiro atoms. The molecule has 3 aromatic carbocycles. The molecule has 0 aliphatic carbocycles. The minimum atomic E-state index is -0.624. The van der Waals surface area contributed by atoms with Crippen molar-refractivity contribution in [3.8, 4) is 0 Å². The van der Waals surface area contributed by atoms with Gasteiger partial charge in [0.25, 0.3) is 0 Å². The van der Waals surface area contributed by atoms with E-state index < -0.39 is 6.10 Å². The third-order valence-corrected chi connectivity index (χ3v) is 6.31. The van der Waals surface area contributed by atoms with Crippen molar-refractivity contribution in [2.24, 2.45) is 0 Å². The van der Waals surface area contributed by atoms with Crippen molar-refractivity contribution in [3.05, 3.63) is 101 Å². The fraction of sp³-hybridized carbons (Fsp3) is 0.269. The maximum atomic E-state index is 13.5. The highest BCUT2D eigenvalue weighted by atomic mass is 19.1. The number of benzene rings is 3. The number of imidazole rings is 1. The molecule has 1 aliphatic rings. The number of fused-ring (bicyclic) bond motifs is 1. The van der Waals surface area contributed by atoms with Gasteiger partial charge in [-0.05, 0) is 53.1 Å². The van der Waals surface area contributed by atoms with Crippen LogP contribution < -0.4 is 5.32 Å². The van der Waals surface area contributed by atoms with Gasteiger partial charge in [0, 0.05) is 18.9 Å². The second kappa shape index (κ2) is 9.39. The van der Waals surface area contributed by atoms with Gasteiger partial charge in [-0.15, -0.1) is 0 Å².